The molecule has 0 heterocycles. The normalized spacial score (nSPS) is 9.91. The summed E-state index contributed by atoms with van der Waals surface area (Å²) < 4.78 is 0. The Morgan fingerprint density at radius 3 is 2.48 bits per heavy atom. The molecule has 0 saturated carbocycles. The number of carbonyl (C=O) groups is 2. The van der Waals surface area contributed by atoms with Gasteiger partial charge in [0.05, 0.1) is 4.92 Å². The second-order valence-electron chi connectivity index (χ2n) is 4.80. The van der Waals surface area contributed by atoms with Gasteiger partial charge in [0.15, 0.2) is 5.78 Å². The molecule has 0 fully saturated rings. The van der Waals surface area contributed by atoms with Crippen LogP contribution in [0.4, 0.5) is 11.4 Å². The summed E-state index contributed by atoms with van der Waals surface area (Å²) >= 11 is 0. The average Bonchev–Trinajstić information content (AvgIpc) is 2.55. The Hall–Kier alpha value is -3.28. The van der Waals surface area contributed by atoms with Crippen LogP contribution in [0, 0.1) is 10.1 Å². The molecule has 1 amide bonds. The topological polar surface area (TPSA) is 89.3 Å². The summed E-state index contributed by atoms with van der Waals surface area (Å²) in [6.07, 6.45) is 1.17. The van der Waals surface area contributed by atoms with Crippen molar-refractivity contribution in [3.8, 4) is 0 Å². The molecule has 0 aliphatic carbocycles. The molecular weight excluding hydrogens is 296 g/mol. The second-order valence-corrected chi connectivity index (χ2v) is 4.80. The van der Waals surface area contributed by atoms with Crippen LogP contribution in [0.15, 0.2) is 61.2 Å². The molecule has 0 unspecified atom stereocenters. The van der Waals surface area contributed by atoms with Crippen molar-refractivity contribution in [1.29, 1.82) is 0 Å². The van der Waals surface area contributed by atoms with E-state index in [1.165, 1.54) is 18.2 Å². The number of nitrogens with one attached hydrogen (secondary N) is 1. The van der Waals surface area contributed by atoms with Gasteiger partial charge in [0, 0.05) is 29.8 Å². The molecule has 6 heteroatoms. The molecule has 23 heavy (non-hydrogen) atoms. The van der Waals surface area contributed by atoms with E-state index in [0.29, 0.717) is 0 Å². The van der Waals surface area contributed by atoms with E-state index in [0.717, 1.165) is 11.6 Å². The summed E-state index contributed by atoms with van der Waals surface area (Å²) in [5.41, 5.74) is 0.895. The maximum Gasteiger partial charge on any atom is 0.272 e. The van der Waals surface area contributed by atoms with Crippen LogP contribution in [0.3, 0.4) is 0 Å². The second kappa shape index (κ2) is 7.13. The third kappa shape index (κ3) is 4.34. The van der Waals surface area contributed by atoms with Crippen molar-refractivity contribution in [3.05, 3.63) is 82.4 Å². The fraction of sp³-hybridized carbons (Fsp3) is 0.0588. The Labute approximate surface area is 132 Å². The van der Waals surface area contributed by atoms with Crippen LogP contribution in [0.2, 0.25) is 0 Å². The first-order chi connectivity index (χ1) is 11.0. The minimum atomic E-state index is -0.608. The number of hydrogen-bond acceptors (Lipinski definition) is 4. The van der Waals surface area contributed by atoms with Crippen LogP contribution in [-0.4, -0.2) is 16.6 Å². The van der Waals surface area contributed by atoms with Crippen LogP contribution in [-0.2, 0) is 11.2 Å². The molecule has 0 spiro atoms. The van der Waals surface area contributed by atoms with Crippen molar-refractivity contribution in [2.24, 2.45) is 0 Å². The predicted octanol–water partition coefficient (Wildman–Crippen LogP) is 3.14. The smallest absolute Gasteiger partial charge is 0.272 e. The quantitative estimate of drug-likeness (QED) is 0.384. The number of nitro benzene ring substituents is 1. The lowest BCUT2D eigenvalue weighted by atomic mass is 10.0. The molecule has 116 valence electrons. The molecular formula is C17H14N2O4. The maximum absolute atomic E-state index is 12.3. The van der Waals surface area contributed by atoms with Crippen molar-refractivity contribution < 1.29 is 14.5 Å². The summed E-state index contributed by atoms with van der Waals surface area (Å²) in [6.45, 7) is 3.31. The number of nitro groups is 1. The van der Waals surface area contributed by atoms with E-state index in [-0.39, 0.29) is 29.1 Å². The lowest BCUT2D eigenvalue weighted by Gasteiger charge is -2.06. The lowest BCUT2D eigenvalue weighted by Crippen LogP contribution is -2.10. The first kappa shape index (κ1) is 16.1. The van der Waals surface area contributed by atoms with Crippen LogP contribution in [0.5, 0.6) is 0 Å². The van der Waals surface area contributed by atoms with Gasteiger partial charge in [-0.3, -0.25) is 19.7 Å². The maximum atomic E-state index is 12.3. The third-order valence-electron chi connectivity index (χ3n) is 3.11. The van der Waals surface area contributed by atoms with Gasteiger partial charge in [-0.1, -0.05) is 36.9 Å². The molecule has 0 atom stereocenters. The Bertz CT molecular complexity index is 769. The van der Waals surface area contributed by atoms with Crippen molar-refractivity contribution in [2.45, 2.75) is 6.42 Å². The minimum Gasteiger partial charge on any atom is -0.322 e. The van der Waals surface area contributed by atoms with Crippen molar-refractivity contribution in [2.75, 3.05) is 5.32 Å². The number of anilines is 1. The van der Waals surface area contributed by atoms with E-state index < -0.39 is 10.8 Å². The van der Waals surface area contributed by atoms with E-state index in [9.17, 15) is 19.7 Å². The first-order valence-corrected chi connectivity index (χ1v) is 6.79. The molecule has 6 nitrogen and oxygen atoms in total. The fourth-order valence-corrected chi connectivity index (χ4v) is 2.03. The Kier molecular flexibility index (Phi) is 4.99. The zero-order valence-corrected chi connectivity index (χ0v) is 12.2. The summed E-state index contributed by atoms with van der Waals surface area (Å²) in [7, 11) is 0. The number of rotatable bonds is 6. The molecule has 0 saturated heterocycles. The van der Waals surface area contributed by atoms with Crippen LogP contribution >= 0.6 is 0 Å². The van der Waals surface area contributed by atoms with Gasteiger partial charge in [0.25, 0.3) is 5.69 Å². The highest BCUT2D eigenvalue weighted by atomic mass is 16.6. The van der Waals surface area contributed by atoms with Gasteiger partial charge in [-0.05, 0) is 17.7 Å². The monoisotopic (exact) mass is 310 g/mol. The zero-order chi connectivity index (χ0) is 16.8. The van der Waals surface area contributed by atoms with Gasteiger partial charge in [0.1, 0.15) is 0 Å². The number of nitrogens with zero attached hydrogens (tertiary/aromatic N) is 1. The van der Waals surface area contributed by atoms with Crippen LogP contribution < -0.4 is 5.32 Å². The lowest BCUT2D eigenvalue weighted by molar-refractivity contribution is -0.384. The minimum absolute atomic E-state index is 0.122. The van der Waals surface area contributed by atoms with E-state index in [2.05, 4.69) is 11.9 Å². The summed E-state index contributed by atoms with van der Waals surface area (Å²) in [4.78, 5) is 34.1. The average molecular weight is 310 g/mol. The zero-order valence-electron chi connectivity index (χ0n) is 12.2. The summed E-state index contributed by atoms with van der Waals surface area (Å²) in [5, 5.41) is 13.4. The molecule has 0 bridgehead atoms. The van der Waals surface area contributed by atoms with Crippen molar-refractivity contribution in [1.82, 2.24) is 0 Å². The molecule has 1 N–H and O–H groups in total. The molecule has 2 rings (SSSR count). The highest BCUT2D eigenvalue weighted by Gasteiger charge is 2.15. The number of carbonyl (C=O) groups excluding carboxylic acids is 2. The van der Waals surface area contributed by atoms with Crippen molar-refractivity contribution in [3.63, 3.8) is 0 Å². The fourth-order valence-electron chi connectivity index (χ4n) is 2.03. The Morgan fingerprint density at radius 2 is 1.87 bits per heavy atom. The SMILES string of the molecule is C=CC(=O)Nc1cc(C(=O)Cc2ccccc2)cc([N+](=O)[O-])c1. The summed E-state index contributed by atoms with van der Waals surface area (Å²) in [6, 6.07) is 12.9. The molecule has 0 aromatic heterocycles. The molecule has 0 radical (unpaired) electrons. The molecule has 2 aromatic carbocycles. The van der Waals surface area contributed by atoms with Gasteiger partial charge >= 0.3 is 0 Å². The van der Waals surface area contributed by atoms with Gasteiger partial charge in [-0.15, -0.1) is 0 Å². The van der Waals surface area contributed by atoms with Gasteiger partial charge < -0.3 is 5.32 Å². The van der Waals surface area contributed by atoms with E-state index in [4.69, 9.17) is 0 Å². The number of Topliss-reactive ketones (excluding diaryl/α,β-unsaturated/α-hetero) is 1. The van der Waals surface area contributed by atoms with E-state index >= 15 is 0 Å². The summed E-state index contributed by atoms with van der Waals surface area (Å²) in [5.74, 6) is -0.777. The number of non-ortho nitro benzene ring substituents is 1. The van der Waals surface area contributed by atoms with Crippen LogP contribution in [0.1, 0.15) is 15.9 Å². The number of benzene rings is 2. The highest BCUT2D eigenvalue weighted by molar-refractivity contribution is 6.02. The van der Waals surface area contributed by atoms with Gasteiger partial charge in [0.2, 0.25) is 5.91 Å². The first-order valence-electron chi connectivity index (χ1n) is 6.79. The van der Waals surface area contributed by atoms with Gasteiger partial charge in [-0.25, -0.2) is 0 Å². The Morgan fingerprint density at radius 1 is 1.17 bits per heavy atom. The van der Waals surface area contributed by atoms with Crippen LogP contribution in [0.25, 0.3) is 0 Å². The highest BCUT2D eigenvalue weighted by Crippen LogP contribution is 2.22. The standard InChI is InChI=1S/C17H14N2O4/c1-2-17(21)18-14-9-13(10-15(11-14)19(22)23)16(20)8-12-6-4-3-5-7-12/h2-7,9-11H,1,8H2,(H,18,21). The molecule has 2 aromatic rings. The third-order valence-corrected chi connectivity index (χ3v) is 3.11. The Balaban J connectivity index is 2.32. The van der Waals surface area contributed by atoms with E-state index in [1.807, 2.05) is 18.2 Å². The van der Waals surface area contributed by atoms with Crippen molar-refractivity contribution >= 4 is 23.1 Å². The van der Waals surface area contributed by atoms with Gasteiger partial charge in [-0.2, -0.15) is 0 Å². The molecule has 0 aliphatic rings. The number of amides is 1. The predicted molar refractivity (Wildman–Crippen MR) is 86.4 cm³/mol. The number of ketones is 1. The van der Waals surface area contributed by atoms with E-state index in [1.54, 1.807) is 12.1 Å². The largest absolute Gasteiger partial charge is 0.322 e. The molecule has 0 aliphatic heterocycles. The number of hydrogen-bond donors (Lipinski definition) is 1.